The van der Waals surface area contributed by atoms with Gasteiger partial charge in [0.15, 0.2) is 0 Å². The van der Waals surface area contributed by atoms with Crippen LogP contribution in [0.25, 0.3) is 0 Å². The highest BCUT2D eigenvalue weighted by Gasteiger charge is 2.34. The number of ether oxygens (including phenoxy) is 2. The Balaban J connectivity index is 2.37. The molecule has 0 aliphatic heterocycles. The molecule has 48 heavy (non-hydrogen) atoms. The zero-order chi connectivity index (χ0) is 36.1. The average Bonchev–Trinajstić information content (AvgIpc) is 3.02. The zero-order valence-corrected chi connectivity index (χ0v) is 32.4. The zero-order valence-electron chi connectivity index (χ0n) is 32.4. The van der Waals surface area contributed by atoms with Gasteiger partial charge in [-0.25, -0.2) is 0 Å². The van der Waals surface area contributed by atoms with Gasteiger partial charge < -0.3 is 9.47 Å². The van der Waals surface area contributed by atoms with Crippen molar-refractivity contribution >= 4 is 11.6 Å². The fourth-order valence-corrected chi connectivity index (χ4v) is 5.65. The van der Waals surface area contributed by atoms with Crippen LogP contribution < -0.4 is 0 Å². The minimum atomic E-state index is -0.283. The highest BCUT2D eigenvalue weighted by molar-refractivity contribution is 6.23. The highest BCUT2D eigenvalue weighted by Crippen LogP contribution is 2.28. The van der Waals surface area contributed by atoms with E-state index in [0.29, 0.717) is 17.6 Å². The monoisotopic (exact) mass is 658 g/mol. The molecule has 0 radical (unpaired) electrons. The van der Waals surface area contributed by atoms with Gasteiger partial charge in [0, 0.05) is 11.1 Å². The van der Waals surface area contributed by atoms with E-state index in [4.69, 9.17) is 9.47 Å². The molecule has 266 valence electrons. The van der Waals surface area contributed by atoms with E-state index < -0.39 is 0 Å². The second-order valence-electron chi connectivity index (χ2n) is 13.8. The van der Waals surface area contributed by atoms with Gasteiger partial charge in [-0.3, -0.25) is 9.59 Å². The Labute approximate surface area is 294 Å². The molecule has 1 rings (SSSR count). The van der Waals surface area contributed by atoms with E-state index in [2.05, 4.69) is 91.8 Å². The van der Waals surface area contributed by atoms with E-state index >= 15 is 0 Å². The fourth-order valence-electron chi connectivity index (χ4n) is 5.65. The number of Topliss-reactive ketones (excluding diaryl/α,β-unsaturated/α-hetero) is 2. The Kier molecular flexibility index (Phi) is 21.2. The lowest BCUT2D eigenvalue weighted by Gasteiger charge is -2.19. The number of hydrogen-bond acceptors (Lipinski definition) is 4. The van der Waals surface area contributed by atoms with Crippen molar-refractivity contribution in [2.24, 2.45) is 0 Å². The third-order valence-corrected chi connectivity index (χ3v) is 9.00. The molecule has 0 N–H and O–H groups in total. The molecular weight excluding hydrogens is 592 g/mol. The number of methoxy groups -OCH3 is 2. The van der Waals surface area contributed by atoms with Crippen LogP contribution in [0.2, 0.25) is 0 Å². The summed E-state index contributed by atoms with van der Waals surface area (Å²) in [6, 6.07) is 0. The summed E-state index contributed by atoms with van der Waals surface area (Å²) in [5, 5.41) is 0. The minimum Gasteiger partial charge on any atom is -0.489 e. The molecule has 0 heterocycles. The van der Waals surface area contributed by atoms with Crippen LogP contribution in [0.4, 0.5) is 0 Å². The summed E-state index contributed by atoms with van der Waals surface area (Å²) in [7, 11) is 2.77. The van der Waals surface area contributed by atoms with E-state index in [1.807, 2.05) is 6.08 Å². The summed E-state index contributed by atoms with van der Waals surface area (Å²) in [5.41, 5.74) is 10.9. The Morgan fingerprint density at radius 2 is 0.750 bits per heavy atom. The molecule has 0 saturated carbocycles. The number of hydrogen-bond donors (Lipinski definition) is 0. The van der Waals surface area contributed by atoms with Crippen LogP contribution in [0.1, 0.15) is 146 Å². The summed E-state index contributed by atoms with van der Waals surface area (Å²) in [6.45, 7) is 19.4. The number of ketones is 2. The molecule has 0 saturated heterocycles. The molecule has 0 bridgehead atoms. The third kappa shape index (κ3) is 17.1. The molecule has 0 amide bonds. The lowest BCUT2D eigenvalue weighted by molar-refractivity contribution is -0.121. The molecule has 0 unspecified atom stereocenters. The first-order chi connectivity index (χ1) is 22.8. The maximum absolute atomic E-state index is 12.8. The van der Waals surface area contributed by atoms with E-state index in [0.717, 1.165) is 70.6 Å². The Bertz CT molecular complexity index is 1360. The van der Waals surface area contributed by atoms with Crippen molar-refractivity contribution in [2.75, 3.05) is 14.2 Å². The maximum Gasteiger partial charge on any atom is 0.228 e. The highest BCUT2D eigenvalue weighted by atomic mass is 16.5. The molecule has 0 aromatic carbocycles. The fraction of sp³-hybridized carbons (Fsp3) is 0.545. The number of carbonyl (C=O) groups excluding carboxylic acids is 2. The topological polar surface area (TPSA) is 52.6 Å². The molecule has 1 aliphatic carbocycles. The first kappa shape index (κ1) is 42.6. The van der Waals surface area contributed by atoms with Gasteiger partial charge >= 0.3 is 0 Å². The van der Waals surface area contributed by atoms with Gasteiger partial charge in [-0.15, -0.1) is 0 Å². The van der Waals surface area contributed by atoms with Gasteiger partial charge in [0.25, 0.3) is 0 Å². The van der Waals surface area contributed by atoms with Gasteiger partial charge in [-0.05, 0) is 146 Å². The number of rotatable bonds is 22. The summed E-state index contributed by atoms with van der Waals surface area (Å²) < 4.78 is 10.3. The first-order valence-electron chi connectivity index (χ1n) is 18.0. The van der Waals surface area contributed by atoms with E-state index in [1.54, 1.807) is 6.92 Å². The lowest BCUT2D eigenvalue weighted by Crippen LogP contribution is -2.24. The van der Waals surface area contributed by atoms with Crippen molar-refractivity contribution in [3.8, 4) is 0 Å². The largest absolute Gasteiger partial charge is 0.489 e. The molecule has 4 nitrogen and oxygen atoms in total. The molecule has 0 atom stereocenters. The second-order valence-corrected chi connectivity index (χ2v) is 13.8. The van der Waals surface area contributed by atoms with Crippen LogP contribution in [-0.4, -0.2) is 25.8 Å². The predicted molar refractivity (Wildman–Crippen MR) is 206 cm³/mol. The molecule has 0 aromatic heterocycles. The molecule has 1 aliphatic rings. The van der Waals surface area contributed by atoms with Crippen molar-refractivity contribution < 1.29 is 19.1 Å². The van der Waals surface area contributed by atoms with Crippen LogP contribution in [0.5, 0.6) is 0 Å². The van der Waals surface area contributed by atoms with Crippen LogP contribution in [-0.2, 0) is 19.1 Å². The normalized spacial score (nSPS) is 15.9. The van der Waals surface area contributed by atoms with E-state index in [-0.39, 0.29) is 23.1 Å². The first-order valence-corrected chi connectivity index (χ1v) is 18.0. The van der Waals surface area contributed by atoms with Gasteiger partial charge in [0.05, 0.1) is 14.2 Å². The van der Waals surface area contributed by atoms with Gasteiger partial charge in [0.1, 0.15) is 0 Å². The van der Waals surface area contributed by atoms with Crippen molar-refractivity contribution in [1.29, 1.82) is 0 Å². The summed E-state index contributed by atoms with van der Waals surface area (Å²) >= 11 is 0. The number of carbonyl (C=O) groups is 2. The smallest absolute Gasteiger partial charge is 0.228 e. The van der Waals surface area contributed by atoms with Crippen LogP contribution in [0, 0.1) is 0 Å². The van der Waals surface area contributed by atoms with Crippen LogP contribution in [0.3, 0.4) is 0 Å². The molecule has 0 aromatic rings. The van der Waals surface area contributed by atoms with Crippen molar-refractivity contribution in [1.82, 2.24) is 0 Å². The van der Waals surface area contributed by atoms with Crippen molar-refractivity contribution in [3.63, 3.8) is 0 Å². The Hall–Kier alpha value is -3.40. The van der Waals surface area contributed by atoms with Gasteiger partial charge in [-0.1, -0.05) is 81.5 Å². The van der Waals surface area contributed by atoms with E-state index in [9.17, 15) is 9.59 Å². The van der Waals surface area contributed by atoms with Crippen molar-refractivity contribution in [2.45, 2.75) is 146 Å². The Morgan fingerprint density at radius 3 is 1.06 bits per heavy atom. The summed E-state index contributed by atoms with van der Waals surface area (Å²) in [6.07, 6.45) is 30.0. The second kappa shape index (κ2) is 23.8. The average molecular weight is 659 g/mol. The SMILES string of the molecule is COC1=C(OC)C(=O)C(C/C=C(/C)CC/C=C(/C)CC/C=C(\C)CC/C=C(\C)CC/C=C(\C)CC/C=C(\C)CCC=C(C)C)=C(C)C1=O. The predicted octanol–water partition coefficient (Wildman–Crippen LogP) is 12.7. The molecule has 0 spiro atoms. The molecule has 4 heteroatoms. The lowest BCUT2D eigenvalue weighted by atomic mass is 9.90. The van der Waals surface area contributed by atoms with Gasteiger partial charge in [0.2, 0.25) is 23.1 Å². The van der Waals surface area contributed by atoms with Crippen molar-refractivity contribution in [3.05, 3.63) is 104 Å². The molecule has 0 fully saturated rings. The van der Waals surface area contributed by atoms with Crippen LogP contribution in [0.15, 0.2) is 104 Å². The molecular formula is C44H66O4. The maximum atomic E-state index is 12.8. The summed E-state index contributed by atoms with van der Waals surface area (Å²) in [4.78, 5) is 25.4. The van der Waals surface area contributed by atoms with Gasteiger partial charge in [-0.2, -0.15) is 0 Å². The van der Waals surface area contributed by atoms with Crippen LogP contribution >= 0.6 is 0 Å². The third-order valence-electron chi connectivity index (χ3n) is 9.00. The van der Waals surface area contributed by atoms with E-state index in [1.165, 1.54) is 59.7 Å². The minimum absolute atomic E-state index is 0.00623. The Morgan fingerprint density at radius 1 is 0.458 bits per heavy atom. The number of allylic oxidation sites excluding steroid dienone is 16. The summed E-state index contributed by atoms with van der Waals surface area (Å²) in [5.74, 6) is -0.570. The standard InChI is InChI=1S/C44H66O4/c1-32(2)18-12-19-33(3)20-13-21-34(4)22-14-23-35(5)24-15-25-36(6)26-16-27-37(7)28-17-29-38(8)30-31-40-39(9)41(45)43(47-10)44(48-11)42(40)46/h18,20,22,24,26,28,30H,12-17,19,21,23,25,27,29,31H2,1-11H3/b33-20+,34-22+,35-24+,36-26+,37-28-,38-30-. The quantitative estimate of drug-likeness (QED) is 0.0858.